The first-order chi connectivity index (χ1) is 7.91. The summed E-state index contributed by atoms with van der Waals surface area (Å²) in [5, 5.41) is 0. The molecule has 0 aliphatic carbocycles. The van der Waals surface area contributed by atoms with Crippen molar-refractivity contribution in [3.05, 3.63) is 29.3 Å². The van der Waals surface area contributed by atoms with E-state index in [0.29, 0.717) is 11.8 Å². The Balaban J connectivity index is 2.97. The average molecular weight is 234 g/mol. The minimum absolute atomic E-state index is 0.0454. The van der Waals surface area contributed by atoms with E-state index in [-0.39, 0.29) is 12.4 Å². The van der Waals surface area contributed by atoms with Gasteiger partial charge in [-0.2, -0.15) is 0 Å². The van der Waals surface area contributed by atoms with Gasteiger partial charge in [0.25, 0.3) is 0 Å². The Bertz CT molecular complexity index is 392. The third kappa shape index (κ3) is 3.88. The standard InChI is InChI=1S/C15H22O2/c1-10(2)14-7-6-13(17-9-12(5)16)8-15(14)11(3)4/h6-8,10-11H,9H2,1-5H3. The molecule has 1 aromatic rings. The number of hydrogen-bond acceptors (Lipinski definition) is 2. The third-order valence-electron chi connectivity index (χ3n) is 2.74. The van der Waals surface area contributed by atoms with Crippen LogP contribution in [-0.2, 0) is 4.79 Å². The van der Waals surface area contributed by atoms with Gasteiger partial charge in [-0.05, 0) is 42.0 Å². The third-order valence-corrected chi connectivity index (χ3v) is 2.74. The summed E-state index contributed by atoms with van der Waals surface area (Å²) in [7, 11) is 0. The van der Waals surface area contributed by atoms with Gasteiger partial charge < -0.3 is 4.74 Å². The summed E-state index contributed by atoms with van der Waals surface area (Å²) in [4.78, 5) is 10.9. The first-order valence-electron chi connectivity index (χ1n) is 6.18. The summed E-state index contributed by atoms with van der Waals surface area (Å²) in [6.07, 6.45) is 0. The molecule has 2 nitrogen and oxygen atoms in total. The molecule has 0 bridgehead atoms. The monoisotopic (exact) mass is 234 g/mol. The molecule has 0 saturated heterocycles. The Morgan fingerprint density at radius 2 is 1.71 bits per heavy atom. The quantitative estimate of drug-likeness (QED) is 0.772. The Morgan fingerprint density at radius 3 is 2.18 bits per heavy atom. The molecule has 17 heavy (non-hydrogen) atoms. The predicted octanol–water partition coefficient (Wildman–Crippen LogP) is 3.90. The highest BCUT2D eigenvalue weighted by Gasteiger charge is 2.11. The maximum absolute atomic E-state index is 10.9. The first kappa shape index (κ1) is 13.8. The van der Waals surface area contributed by atoms with E-state index in [4.69, 9.17) is 4.74 Å². The maximum atomic E-state index is 10.9. The molecule has 0 spiro atoms. The SMILES string of the molecule is CC(=O)COc1ccc(C(C)C)c(C(C)C)c1. The summed E-state index contributed by atoms with van der Waals surface area (Å²) >= 11 is 0. The fourth-order valence-corrected chi connectivity index (χ4v) is 1.85. The highest BCUT2D eigenvalue weighted by molar-refractivity contribution is 5.77. The van der Waals surface area contributed by atoms with Gasteiger partial charge in [0.15, 0.2) is 5.78 Å². The molecular weight excluding hydrogens is 212 g/mol. The minimum Gasteiger partial charge on any atom is -0.486 e. The lowest BCUT2D eigenvalue weighted by Crippen LogP contribution is -2.07. The molecular formula is C15H22O2. The molecule has 0 amide bonds. The molecule has 0 aliphatic rings. The van der Waals surface area contributed by atoms with Crippen molar-refractivity contribution in [1.82, 2.24) is 0 Å². The van der Waals surface area contributed by atoms with Crippen LogP contribution < -0.4 is 4.74 Å². The van der Waals surface area contributed by atoms with Gasteiger partial charge in [0.05, 0.1) is 0 Å². The number of hydrogen-bond donors (Lipinski definition) is 0. The summed E-state index contributed by atoms with van der Waals surface area (Å²) in [5.74, 6) is 1.81. The van der Waals surface area contributed by atoms with Crippen LogP contribution in [0.3, 0.4) is 0 Å². The van der Waals surface area contributed by atoms with Gasteiger partial charge in [-0.15, -0.1) is 0 Å². The smallest absolute Gasteiger partial charge is 0.167 e. The van der Waals surface area contributed by atoms with Crippen molar-refractivity contribution in [3.63, 3.8) is 0 Å². The Hall–Kier alpha value is -1.31. The molecule has 0 unspecified atom stereocenters. The molecule has 94 valence electrons. The van der Waals surface area contributed by atoms with E-state index in [9.17, 15) is 4.79 Å². The van der Waals surface area contributed by atoms with Gasteiger partial charge in [0.1, 0.15) is 12.4 Å². The van der Waals surface area contributed by atoms with E-state index < -0.39 is 0 Å². The second kappa shape index (κ2) is 5.85. The molecule has 1 aromatic carbocycles. The number of carbonyl (C=O) groups excluding carboxylic acids is 1. The van der Waals surface area contributed by atoms with Gasteiger partial charge in [-0.1, -0.05) is 33.8 Å². The number of rotatable bonds is 5. The van der Waals surface area contributed by atoms with Crippen LogP contribution in [0.1, 0.15) is 57.6 Å². The minimum atomic E-state index is 0.0454. The maximum Gasteiger partial charge on any atom is 0.167 e. The molecule has 0 aromatic heterocycles. The summed E-state index contributed by atoms with van der Waals surface area (Å²) < 4.78 is 5.44. The summed E-state index contributed by atoms with van der Waals surface area (Å²) in [6.45, 7) is 10.4. The van der Waals surface area contributed by atoms with E-state index in [1.807, 2.05) is 6.07 Å². The van der Waals surface area contributed by atoms with Crippen molar-refractivity contribution >= 4 is 5.78 Å². The topological polar surface area (TPSA) is 26.3 Å². The van der Waals surface area contributed by atoms with Gasteiger partial charge >= 0.3 is 0 Å². The summed E-state index contributed by atoms with van der Waals surface area (Å²) in [5.41, 5.74) is 2.66. The molecule has 0 heterocycles. The zero-order valence-electron chi connectivity index (χ0n) is 11.4. The van der Waals surface area contributed by atoms with E-state index in [1.165, 1.54) is 18.1 Å². The van der Waals surface area contributed by atoms with Crippen LogP contribution in [0.2, 0.25) is 0 Å². The second-order valence-electron chi connectivity index (χ2n) is 5.09. The molecule has 1 rings (SSSR count). The van der Waals surface area contributed by atoms with Gasteiger partial charge in [-0.25, -0.2) is 0 Å². The predicted molar refractivity (Wildman–Crippen MR) is 70.8 cm³/mol. The zero-order valence-corrected chi connectivity index (χ0v) is 11.4. The van der Waals surface area contributed by atoms with Gasteiger partial charge in [-0.3, -0.25) is 4.79 Å². The molecule has 0 fully saturated rings. The lowest BCUT2D eigenvalue weighted by atomic mass is 9.90. The first-order valence-corrected chi connectivity index (χ1v) is 6.18. The van der Waals surface area contributed by atoms with Gasteiger partial charge in [0, 0.05) is 0 Å². The van der Waals surface area contributed by atoms with Crippen LogP contribution in [0.4, 0.5) is 0 Å². The average Bonchev–Trinajstić information content (AvgIpc) is 2.25. The van der Waals surface area contributed by atoms with Crippen molar-refractivity contribution in [2.45, 2.75) is 46.5 Å². The number of benzene rings is 1. The van der Waals surface area contributed by atoms with Crippen LogP contribution in [0.5, 0.6) is 5.75 Å². The molecule has 0 N–H and O–H groups in total. The van der Waals surface area contributed by atoms with Gasteiger partial charge in [0.2, 0.25) is 0 Å². The lowest BCUT2D eigenvalue weighted by molar-refractivity contribution is -0.118. The normalized spacial score (nSPS) is 11.0. The van der Waals surface area contributed by atoms with Crippen molar-refractivity contribution in [2.75, 3.05) is 6.61 Å². The summed E-state index contributed by atoms with van der Waals surface area (Å²) in [6, 6.07) is 6.11. The van der Waals surface area contributed by atoms with Crippen LogP contribution in [0.15, 0.2) is 18.2 Å². The molecule has 0 aliphatic heterocycles. The number of ketones is 1. The van der Waals surface area contributed by atoms with Crippen LogP contribution >= 0.6 is 0 Å². The molecule has 0 radical (unpaired) electrons. The molecule has 0 atom stereocenters. The fraction of sp³-hybridized carbons (Fsp3) is 0.533. The lowest BCUT2D eigenvalue weighted by Gasteiger charge is -2.17. The van der Waals surface area contributed by atoms with Crippen LogP contribution in [-0.4, -0.2) is 12.4 Å². The van der Waals surface area contributed by atoms with Crippen LogP contribution in [0, 0.1) is 0 Å². The Morgan fingerprint density at radius 1 is 1.12 bits per heavy atom. The van der Waals surface area contributed by atoms with E-state index in [1.54, 1.807) is 0 Å². The van der Waals surface area contributed by atoms with Crippen LogP contribution in [0.25, 0.3) is 0 Å². The number of ether oxygens (including phenoxy) is 1. The highest BCUT2D eigenvalue weighted by atomic mass is 16.5. The molecule has 2 heteroatoms. The molecule has 0 saturated carbocycles. The van der Waals surface area contributed by atoms with Crippen molar-refractivity contribution < 1.29 is 9.53 Å². The number of carbonyl (C=O) groups is 1. The van der Waals surface area contributed by atoms with E-state index >= 15 is 0 Å². The van der Waals surface area contributed by atoms with E-state index in [2.05, 4.69) is 39.8 Å². The zero-order chi connectivity index (χ0) is 13.0. The number of Topliss-reactive ketones (excluding diaryl/α,β-unsaturated/α-hetero) is 1. The van der Waals surface area contributed by atoms with Crippen molar-refractivity contribution in [1.29, 1.82) is 0 Å². The largest absolute Gasteiger partial charge is 0.486 e. The Kier molecular flexibility index (Phi) is 4.73. The van der Waals surface area contributed by atoms with Crippen molar-refractivity contribution in [2.24, 2.45) is 0 Å². The highest BCUT2D eigenvalue weighted by Crippen LogP contribution is 2.29. The fourth-order valence-electron chi connectivity index (χ4n) is 1.85. The Labute approximate surface area is 104 Å². The van der Waals surface area contributed by atoms with E-state index in [0.717, 1.165) is 5.75 Å². The van der Waals surface area contributed by atoms with Crippen molar-refractivity contribution in [3.8, 4) is 5.75 Å². The second-order valence-corrected chi connectivity index (χ2v) is 5.09.